The van der Waals surface area contributed by atoms with E-state index >= 15 is 0 Å². The van der Waals surface area contributed by atoms with Gasteiger partial charge in [-0.05, 0) is 24.3 Å². The highest BCUT2D eigenvalue weighted by molar-refractivity contribution is 5.70. The number of aliphatic hydroxyl groups is 1. The van der Waals surface area contributed by atoms with E-state index < -0.39 is 21.2 Å². The molecule has 0 aliphatic rings. The van der Waals surface area contributed by atoms with Crippen LogP contribution in [0.15, 0.2) is 46.6 Å². The van der Waals surface area contributed by atoms with Crippen molar-refractivity contribution >= 4 is 28.4 Å². The third kappa shape index (κ3) is 4.34. The summed E-state index contributed by atoms with van der Waals surface area (Å²) in [5.41, 5.74) is -0.846. The number of anilines is 1. The third-order valence-electron chi connectivity index (χ3n) is 3.18. The molecular formula is C15H12N6O5. The molecule has 0 heterocycles. The number of aliphatic hydroxyl groups excluding tert-OH is 1. The van der Waals surface area contributed by atoms with Crippen LogP contribution in [0.25, 0.3) is 0 Å². The van der Waals surface area contributed by atoms with Gasteiger partial charge >= 0.3 is 5.69 Å². The number of nitrogens with zero attached hydrogens (tertiary/aromatic N) is 5. The summed E-state index contributed by atoms with van der Waals surface area (Å²) in [6.07, 6.45) is 0. The van der Waals surface area contributed by atoms with Crippen LogP contribution in [-0.4, -0.2) is 28.1 Å². The lowest BCUT2D eigenvalue weighted by Gasteiger charge is -2.03. The first-order valence-electron chi connectivity index (χ1n) is 7.19. The molecule has 0 fully saturated rings. The van der Waals surface area contributed by atoms with Crippen molar-refractivity contribution in [3.05, 3.63) is 62.2 Å². The quantitative estimate of drug-likeness (QED) is 0.436. The van der Waals surface area contributed by atoms with Crippen molar-refractivity contribution in [2.75, 3.05) is 18.5 Å². The second-order valence-corrected chi connectivity index (χ2v) is 4.88. The molecule has 0 saturated carbocycles. The van der Waals surface area contributed by atoms with Crippen LogP contribution in [0.5, 0.6) is 0 Å². The number of azo groups is 1. The highest BCUT2D eigenvalue weighted by atomic mass is 16.6. The Morgan fingerprint density at radius 1 is 1.12 bits per heavy atom. The Labute approximate surface area is 146 Å². The average Bonchev–Trinajstić information content (AvgIpc) is 2.64. The number of nitro groups is 2. The van der Waals surface area contributed by atoms with Crippen LogP contribution in [-0.2, 0) is 0 Å². The number of nitro benzene ring substituents is 2. The first-order chi connectivity index (χ1) is 12.5. The largest absolute Gasteiger partial charge is 0.395 e. The summed E-state index contributed by atoms with van der Waals surface area (Å²) < 4.78 is 0. The number of benzene rings is 2. The first-order valence-corrected chi connectivity index (χ1v) is 7.19. The Balaban J connectivity index is 2.38. The topological polar surface area (TPSA) is 167 Å². The van der Waals surface area contributed by atoms with E-state index in [1.54, 1.807) is 30.3 Å². The molecule has 0 atom stereocenters. The van der Waals surface area contributed by atoms with Crippen LogP contribution in [0.4, 0.5) is 28.4 Å². The van der Waals surface area contributed by atoms with Gasteiger partial charge in [0.15, 0.2) is 5.69 Å². The van der Waals surface area contributed by atoms with Gasteiger partial charge in [0, 0.05) is 18.3 Å². The molecule has 26 heavy (non-hydrogen) atoms. The maximum atomic E-state index is 11.2. The van der Waals surface area contributed by atoms with Crippen LogP contribution in [0.3, 0.4) is 0 Å². The van der Waals surface area contributed by atoms with E-state index in [0.717, 1.165) is 17.8 Å². The van der Waals surface area contributed by atoms with Gasteiger partial charge in [0.2, 0.25) is 0 Å². The van der Waals surface area contributed by atoms with E-state index in [4.69, 9.17) is 10.4 Å². The Bertz CT molecular complexity index is 904. The molecule has 0 radical (unpaired) electrons. The van der Waals surface area contributed by atoms with Crippen LogP contribution in [0, 0.1) is 31.6 Å². The van der Waals surface area contributed by atoms with Gasteiger partial charge in [-0.15, -0.1) is 5.11 Å². The molecule has 2 rings (SSSR count). The van der Waals surface area contributed by atoms with E-state index in [1.807, 2.05) is 0 Å². The van der Waals surface area contributed by atoms with Gasteiger partial charge < -0.3 is 10.4 Å². The monoisotopic (exact) mass is 356 g/mol. The van der Waals surface area contributed by atoms with Crippen molar-refractivity contribution in [2.45, 2.75) is 0 Å². The molecule has 0 aliphatic heterocycles. The smallest absolute Gasteiger partial charge is 0.304 e. The second kappa shape index (κ2) is 8.27. The lowest BCUT2D eigenvalue weighted by atomic mass is 10.1. The van der Waals surface area contributed by atoms with Gasteiger partial charge in [-0.25, -0.2) is 0 Å². The molecule has 0 spiro atoms. The minimum Gasteiger partial charge on any atom is -0.395 e. The van der Waals surface area contributed by atoms with E-state index in [1.165, 1.54) is 0 Å². The van der Waals surface area contributed by atoms with Crippen molar-refractivity contribution in [3.8, 4) is 6.07 Å². The van der Waals surface area contributed by atoms with Crippen molar-refractivity contribution in [3.63, 3.8) is 0 Å². The van der Waals surface area contributed by atoms with Gasteiger partial charge in [-0.2, -0.15) is 10.4 Å². The van der Waals surface area contributed by atoms with E-state index in [-0.39, 0.29) is 17.9 Å². The molecular weight excluding hydrogens is 344 g/mol. The minimum absolute atomic E-state index is 0.0256. The SMILES string of the molecule is N#Cc1cc([N+](=O)[O-])cc([N+](=O)[O-])c1N=Nc1ccc(NCCO)cc1. The van der Waals surface area contributed by atoms with Crippen molar-refractivity contribution in [2.24, 2.45) is 10.2 Å². The molecule has 0 saturated heterocycles. The fourth-order valence-electron chi connectivity index (χ4n) is 1.99. The van der Waals surface area contributed by atoms with Gasteiger partial charge in [0.1, 0.15) is 6.07 Å². The number of non-ortho nitro benzene ring substituents is 1. The number of nitrogens with one attached hydrogen (secondary N) is 1. The zero-order chi connectivity index (χ0) is 19.1. The fraction of sp³-hybridized carbons (Fsp3) is 0.133. The lowest BCUT2D eigenvalue weighted by molar-refractivity contribution is -0.393. The van der Waals surface area contributed by atoms with Crippen molar-refractivity contribution in [1.29, 1.82) is 5.26 Å². The molecule has 11 nitrogen and oxygen atoms in total. The third-order valence-corrected chi connectivity index (χ3v) is 3.18. The molecule has 0 aromatic heterocycles. The fourth-order valence-corrected chi connectivity index (χ4v) is 1.99. The van der Waals surface area contributed by atoms with Crippen molar-refractivity contribution in [1.82, 2.24) is 0 Å². The summed E-state index contributed by atoms with van der Waals surface area (Å²) >= 11 is 0. The summed E-state index contributed by atoms with van der Waals surface area (Å²) in [6, 6.07) is 9.78. The van der Waals surface area contributed by atoms with E-state index in [9.17, 15) is 20.2 Å². The molecule has 0 aliphatic carbocycles. The van der Waals surface area contributed by atoms with E-state index in [2.05, 4.69) is 15.5 Å². The zero-order valence-corrected chi connectivity index (χ0v) is 13.2. The highest BCUT2D eigenvalue weighted by Gasteiger charge is 2.24. The summed E-state index contributed by atoms with van der Waals surface area (Å²) in [7, 11) is 0. The maximum absolute atomic E-state index is 11.2. The molecule has 2 aromatic carbocycles. The number of hydrogen-bond acceptors (Lipinski definition) is 9. The normalized spacial score (nSPS) is 10.5. The lowest BCUT2D eigenvalue weighted by Crippen LogP contribution is -2.04. The summed E-state index contributed by atoms with van der Waals surface area (Å²) in [5, 5.41) is 50.4. The molecule has 2 N–H and O–H groups in total. The average molecular weight is 356 g/mol. The van der Waals surface area contributed by atoms with Crippen LogP contribution < -0.4 is 5.32 Å². The summed E-state index contributed by atoms with van der Waals surface area (Å²) in [4.78, 5) is 20.3. The Kier molecular flexibility index (Phi) is 5.86. The predicted octanol–water partition coefficient (Wildman–Crippen LogP) is 3.19. The summed E-state index contributed by atoms with van der Waals surface area (Å²) in [5.74, 6) is 0. The molecule has 0 bridgehead atoms. The minimum atomic E-state index is -0.857. The van der Waals surface area contributed by atoms with Crippen molar-refractivity contribution < 1.29 is 15.0 Å². The second-order valence-electron chi connectivity index (χ2n) is 4.88. The van der Waals surface area contributed by atoms with Gasteiger partial charge in [0.05, 0.1) is 33.8 Å². The Hall–Kier alpha value is -3.91. The number of hydrogen-bond donors (Lipinski definition) is 2. The standard InChI is InChI=1S/C15H12N6O5/c16-9-10-7-13(20(23)24)8-14(21(25)26)15(10)19-18-12-3-1-11(2-4-12)17-5-6-22/h1-4,7-8,17,22H,5-6H2. The van der Waals surface area contributed by atoms with Crippen LogP contribution in [0.1, 0.15) is 5.56 Å². The highest BCUT2D eigenvalue weighted by Crippen LogP contribution is 2.36. The Morgan fingerprint density at radius 2 is 1.81 bits per heavy atom. The van der Waals surface area contributed by atoms with E-state index in [0.29, 0.717) is 12.2 Å². The molecule has 2 aromatic rings. The Morgan fingerprint density at radius 3 is 2.35 bits per heavy atom. The molecule has 0 unspecified atom stereocenters. The summed E-state index contributed by atoms with van der Waals surface area (Å²) in [6.45, 7) is 0.351. The zero-order valence-electron chi connectivity index (χ0n) is 13.2. The predicted molar refractivity (Wildman–Crippen MR) is 90.7 cm³/mol. The molecule has 11 heteroatoms. The molecule has 0 amide bonds. The maximum Gasteiger partial charge on any atom is 0.304 e. The first kappa shape index (κ1) is 18.4. The molecule has 132 valence electrons. The van der Waals surface area contributed by atoms with Gasteiger partial charge in [0.25, 0.3) is 5.69 Å². The van der Waals surface area contributed by atoms with Gasteiger partial charge in [-0.3, -0.25) is 20.2 Å². The number of nitriles is 1. The van der Waals surface area contributed by atoms with Gasteiger partial charge in [-0.1, -0.05) is 0 Å². The van der Waals surface area contributed by atoms with Crippen LogP contribution >= 0.6 is 0 Å². The van der Waals surface area contributed by atoms with Crippen LogP contribution in [0.2, 0.25) is 0 Å². The number of rotatable bonds is 7.